The zero-order valence-corrected chi connectivity index (χ0v) is 16.2. The maximum atomic E-state index is 12.8. The Balaban J connectivity index is 1.71. The molecule has 1 saturated heterocycles. The minimum absolute atomic E-state index is 0.235. The lowest BCUT2D eigenvalue weighted by atomic mass is 10.2. The number of carbonyl (C=O) groups is 2. The first kappa shape index (κ1) is 18.1. The number of aromatic nitrogens is 1. The van der Waals surface area contributed by atoms with Crippen molar-refractivity contribution in [2.45, 2.75) is 13.8 Å². The molecule has 2 aromatic carbocycles. The Morgan fingerprint density at radius 1 is 0.929 bits per heavy atom. The van der Waals surface area contributed by atoms with Crippen LogP contribution in [0.3, 0.4) is 0 Å². The van der Waals surface area contributed by atoms with E-state index in [0.717, 1.165) is 27.5 Å². The van der Waals surface area contributed by atoms with Gasteiger partial charge in [-0.1, -0.05) is 35.9 Å². The summed E-state index contributed by atoms with van der Waals surface area (Å²) in [6.07, 6.45) is 1.71. The molecule has 3 amide bonds. The van der Waals surface area contributed by atoms with Crippen LogP contribution in [0, 0.1) is 13.8 Å². The number of para-hydroxylation sites is 1. The third-order valence-electron chi connectivity index (χ3n) is 4.73. The Hall–Kier alpha value is -3.31. The molecule has 1 aliphatic heterocycles. The van der Waals surface area contributed by atoms with E-state index < -0.39 is 11.9 Å². The summed E-state index contributed by atoms with van der Waals surface area (Å²) in [5.41, 5.74) is 4.62. The van der Waals surface area contributed by atoms with Gasteiger partial charge in [0.15, 0.2) is 0 Å². The molecule has 1 N–H and O–H groups in total. The van der Waals surface area contributed by atoms with Crippen molar-refractivity contribution in [1.29, 1.82) is 0 Å². The van der Waals surface area contributed by atoms with Crippen molar-refractivity contribution in [1.82, 2.24) is 9.88 Å². The van der Waals surface area contributed by atoms with Gasteiger partial charge < -0.3 is 9.88 Å². The summed E-state index contributed by atoms with van der Waals surface area (Å²) in [5.74, 6) is -0.406. The number of hydrogen-bond donors (Lipinski definition) is 1. The van der Waals surface area contributed by atoms with Gasteiger partial charge in [-0.3, -0.25) is 4.79 Å². The van der Waals surface area contributed by atoms with Gasteiger partial charge in [0.2, 0.25) is 0 Å². The second-order valence-corrected chi connectivity index (χ2v) is 7.04. The first-order chi connectivity index (χ1) is 13.5. The van der Waals surface area contributed by atoms with Crippen LogP contribution in [0.2, 0.25) is 5.02 Å². The number of benzene rings is 2. The van der Waals surface area contributed by atoms with E-state index in [0.29, 0.717) is 10.7 Å². The second-order valence-electron chi connectivity index (χ2n) is 6.61. The van der Waals surface area contributed by atoms with Crippen molar-refractivity contribution in [3.8, 4) is 5.69 Å². The average Bonchev–Trinajstić information content (AvgIpc) is 3.11. The first-order valence-corrected chi connectivity index (χ1v) is 9.20. The predicted octanol–water partition coefficient (Wildman–Crippen LogP) is 4.84. The molecule has 1 aliphatic rings. The van der Waals surface area contributed by atoms with Gasteiger partial charge in [0.25, 0.3) is 5.91 Å². The van der Waals surface area contributed by atoms with E-state index in [9.17, 15) is 9.59 Å². The Morgan fingerprint density at radius 2 is 1.64 bits per heavy atom. The molecule has 0 unspecified atom stereocenters. The SMILES string of the molecule is Cc1cc(/C=C2\NC(=O)N(c3cccc(Cl)c3)C2=O)c(C)n1-c1ccccc1. The molecule has 1 fully saturated rings. The fraction of sp³-hybridized carbons (Fsp3) is 0.0909. The lowest BCUT2D eigenvalue weighted by Crippen LogP contribution is -2.30. The van der Waals surface area contributed by atoms with Crippen molar-refractivity contribution in [3.63, 3.8) is 0 Å². The second kappa shape index (κ2) is 7.02. The van der Waals surface area contributed by atoms with Gasteiger partial charge in [-0.2, -0.15) is 0 Å². The van der Waals surface area contributed by atoms with Gasteiger partial charge in [0.05, 0.1) is 5.69 Å². The molecule has 0 bridgehead atoms. The number of nitrogens with one attached hydrogen (secondary N) is 1. The quantitative estimate of drug-likeness (QED) is 0.512. The highest BCUT2D eigenvalue weighted by molar-refractivity contribution is 6.32. The van der Waals surface area contributed by atoms with Gasteiger partial charge in [-0.25, -0.2) is 9.69 Å². The standard InChI is InChI=1S/C22H18ClN3O2/c1-14-11-16(15(2)25(14)18-8-4-3-5-9-18)12-20-21(27)26(22(28)24-20)19-10-6-7-17(23)13-19/h3-13H,1-2H3,(H,24,28)/b20-12-. The van der Waals surface area contributed by atoms with Crippen molar-refractivity contribution in [2.24, 2.45) is 0 Å². The number of hydrogen-bond acceptors (Lipinski definition) is 2. The van der Waals surface area contributed by atoms with E-state index in [1.807, 2.05) is 50.2 Å². The molecule has 4 rings (SSSR count). The summed E-state index contributed by atoms with van der Waals surface area (Å²) in [5, 5.41) is 3.12. The Kier molecular flexibility index (Phi) is 4.53. The number of carbonyl (C=O) groups excluding carboxylic acids is 2. The predicted molar refractivity (Wildman–Crippen MR) is 111 cm³/mol. The fourth-order valence-electron chi connectivity index (χ4n) is 3.45. The van der Waals surface area contributed by atoms with Crippen LogP contribution in [-0.2, 0) is 4.79 Å². The maximum absolute atomic E-state index is 12.8. The first-order valence-electron chi connectivity index (χ1n) is 8.83. The normalized spacial score (nSPS) is 15.4. The summed E-state index contributed by atoms with van der Waals surface area (Å²) < 4.78 is 2.11. The minimum Gasteiger partial charge on any atom is -0.318 e. The molecule has 3 aromatic rings. The Morgan fingerprint density at radius 3 is 2.36 bits per heavy atom. The van der Waals surface area contributed by atoms with E-state index in [1.165, 1.54) is 0 Å². The van der Waals surface area contributed by atoms with Crippen LogP contribution in [0.5, 0.6) is 0 Å². The topological polar surface area (TPSA) is 54.3 Å². The van der Waals surface area contributed by atoms with Crippen molar-refractivity contribution in [2.75, 3.05) is 4.90 Å². The third kappa shape index (κ3) is 3.10. The number of halogens is 1. The summed E-state index contributed by atoms with van der Waals surface area (Å²) in [6, 6.07) is 18.2. The van der Waals surface area contributed by atoms with E-state index in [2.05, 4.69) is 9.88 Å². The zero-order chi connectivity index (χ0) is 19.8. The van der Waals surface area contributed by atoms with Crippen LogP contribution in [-0.4, -0.2) is 16.5 Å². The van der Waals surface area contributed by atoms with Gasteiger partial charge in [-0.15, -0.1) is 0 Å². The molecule has 0 saturated carbocycles. The van der Waals surface area contributed by atoms with Crippen molar-refractivity contribution >= 4 is 35.3 Å². The Labute approximate surface area is 167 Å². The largest absolute Gasteiger partial charge is 0.333 e. The Bertz CT molecular complexity index is 1120. The van der Waals surface area contributed by atoms with Gasteiger partial charge in [0.1, 0.15) is 5.70 Å². The van der Waals surface area contributed by atoms with E-state index in [-0.39, 0.29) is 5.70 Å². The minimum atomic E-state index is -0.490. The lowest BCUT2D eigenvalue weighted by Gasteiger charge is -2.11. The molecular weight excluding hydrogens is 374 g/mol. The number of nitrogens with zero attached hydrogens (tertiary/aromatic N) is 2. The number of imide groups is 1. The van der Waals surface area contributed by atoms with Crippen LogP contribution in [0.15, 0.2) is 66.4 Å². The monoisotopic (exact) mass is 391 g/mol. The highest BCUT2D eigenvalue weighted by atomic mass is 35.5. The van der Waals surface area contributed by atoms with Crippen LogP contribution in [0.4, 0.5) is 10.5 Å². The summed E-state index contributed by atoms with van der Waals surface area (Å²) in [4.78, 5) is 26.3. The number of rotatable bonds is 3. The molecule has 5 nitrogen and oxygen atoms in total. The summed E-state index contributed by atoms with van der Waals surface area (Å²) in [7, 11) is 0. The lowest BCUT2D eigenvalue weighted by molar-refractivity contribution is -0.113. The highest BCUT2D eigenvalue weighted by Gasteiger charge is 2.35. The van der Waals surface area contributed by atoms with E-state index in [4.69, 9.17) is 11.6 Å². The number of urea groups is 1. The van der Waals surface area contributed by atoms with Gasteiger partial charge in [0, 0.05) is 22.1 Å². The third-order valence-corrected chi connectivity index (χ3v) is 4.96. The molecule has 0 atom stereocenters. The molecule has 0 spiro atoms. The van der Waals surface area contributed by atoms with E-state index in [1.54, 1.807) is 30.3 Å². The van der Waals surface area contributed by atoms with E-state index >= 15 is 0 Å². The number of aryl methyl sites for hydroxylation is 1. The molecule has 6 heteroatoms. The maximum Gasteiger partial charge on any atom is 0.333 e. The number of anilines is 1. The molecule has 1 aromatic heterocycles. The molecule has 2 heterocycles. The summed E-state index contributed by atoms with van der Waals surface area (Å²) >= 11 is 6.00. The zero-order valence-electron chi connectivity index (χ0n) is 15.4. The fourth-order valence-corrected chi connectivity index (χ4v) is 3.63. The average molecular weight is 392 g/mol. The molecule has 0 aliphatic carbocycles. The van der Waals surface area contributed by atoms with Crippen molar-refractivity contribution < 1.29 is 9.59 Å². The summed E-state index contributed by atoms with van der Waals surface area (Å²) in [6.45, 7) is 4.00. The van der Waals surface area contributed by atoms with Crippen molar-refractivity contribution in [3.05, 3.63) is 88.3 Å². The molecular formula is C22H18ClN3O2. The van der Waals surface area contributed by atoms with Gasteiger partial charge in [-0.05, 0) is 61.9 Å². The smallest absolute Gasteiger partial charge is 0.318 e. The van der Waals surface area contributed by atoms with Crippen LogP contribution in [0.1, 0.15) is 17.0 Å². The molecule has 0 radical (unpaired) electrons. The molecule has 28 heavy (non-hydrogen) atoms. The highest BCUT2D eigenvalue weighted by Crippen LogP contribution is 2.27. The molecule has 140 valence electrons. The van der Waals surface area contributed by atoms with Gasteiger partial charge >= 0.3 is 6.03 Å². The number of amides is 3. The van der Waals surface area contributed by atoms with Crippen LogP contribution >= 0.6 is 11.6 Å². The van der Waals surface area contributed by atoms with Crippen LogP contribution < -0.4 is 10.2 Å². The van der Waals surface area contributed by atoms with Crippen LogP contribution in [0.25, 0.3) is 11.8 Å².